The minimum absolute atomic E-state index is 0.0469. The zero-order valence-electron chi connectivity index (χ0n) is 17.6. The predicted molar refractivity (Wildman–Crippen MR) is 116 cm³/mol. The van der Waals surface area contributed by atoms with Gasteiger partial charge in [-0.15, -0.1) is 0 Å². The first kappa shape index (κ1) is 20.3. The number of carbonyl (C=O) groups excluding carboxylic acids is 1. The molecule has 1 aromatic carbocycles. The Morgan fingerprint density at radius 2 is 2.03 bits per heavy atom. The predicted octanol–water partition coefficient (Wildman–Crippen LogP) is 2.88. The topological polar surface area (TPSA) is 78.2 Å². The number of para-hydroxylation sites is 1. The third kappa shape index (κ3) is 4.03. The molecule has 1 N–H and O–H groups in total. The Kier molecular flexibility index (Phi) is 5.99. The van der Waals surface area contributed by atoms with Gasteiger partial charge < -0.3 is 14.6 Å². The molecule has 1 aliphatic rings. The van der Waals surface area contributed by atoms with E-state index in [0.717, 1.165) is 41.9 Å². The second-order valence-corrected chi connectivity index (χ2v) is 7.85. The van der Waals surface area contributed by atoms with E-state index in [1.807, 2.05) is 44.2 Å². The maximum absolute atomic E-state index is 13.1. The molecule has 1 aliphatic heterocycles. The van der Waals surface area contributed by atoms with Crippen molar-refractivity contribution >= 4 is 16.7 Å². The fraction of sp³-hybridized carbons (Fsp3) is 0.435. The lowest BCUT2D eigenvalue weighted by atomic mass is 10.2. The second-order valence-electron chi connectivity index (χ2n) is 7.85. The van der Waals surface area contributed by atoms with Crippen LogP contribution in [0, 0.1) is 13.8 Å². The summed E-state index contributed by atoms with van der Waals surface area (Å²) in [6.45, 7) is 6.03. The Morgan fingerprint density at radius 3 is 2.77 bits per heavy atom. The molecule has 0 radical (unpaired) electrons. The van der Waals surface area contributed by atoms with Gasteiger partial charge in [-0.1, -0.05) is 18.2 Å². The number of aromatic nitrogens is 3. The fourth-order valence-corrected chi connectivity index (χ4v) is 4.22. The quantitative estimate of drug-likeness (QED) is 0.652. The van der Waals surface area contributed by atoms with Crippen molar-refractivity contribution in [3.8, 4) is 5.69 Å². The van der Waals surface area contributed by atoms with E-state index in [9.17, 15) is 9.59 Å². The number of hydrogen-bond acceptors (Lipinski definition) is 4. The molecular formula is C23H28N4O3. The summed E-state index contributed by atoms with van der Waals surface area (Å²) < 4.78 is 9.10. The third-order valence-corrected chi connectivity index (χ3v) is 5.88. The number of nitrogens with one attached hydrogen (secondary N) is 1. The first-order valence-electron chi connectivity index (χ1n) is 10.6. The summed E-state index contributed by atoms with van der Waals surface area (Å²) in [5.74, 6) is 0.0469. The Labute approximate surface area is 175 Å². The van der Waals surface area contributed by atoms with Crippen molar-refractivity contribution in [1.82, 2.24) is 19.7 Å². The van der Waals surface area contributed by atoms with Crippen molar-refractivity contribution in [1.29, 1.82) is 0 Å². The van der Waals surface area contributed by atoms with Crippen LogP contribution >= 0.6 is 0 Å². The number of benzene rings is 1. The molecule has 0 bridgehead atoms. The monoisotopic (exact) mass is 408 g/mol. The van der Waals surface area contributed by atoms with Crippen LogP contribution in [-0.2, 0) is 16.1 Å². The van der Waals surface area contributed by atoms with Crippen molar-refractivity contribution in [2.45, 2.75) is 52.2 Å². The lowest BCUT2D eigenvalue weighted by Crippen LogP contribution is -2.31. The summed E-state index contributed by atoms with van der Waals surface area (Å²) in [6, 6.07) is 9.43. The Morgan fingerprint density at radius 1 is 1.23 bits per heavy atom. The first-order chi connectivity index (χ1) is 14.6. The number of ether oxygens (including phenoxy) is 1. The summed E-state index contributed by atoms with van der Waals surface area (Å²) in [6.07, 6.45) is 5.17. The van der Waals surface area contributed by atoms with E-state index in [4.69, 9.17) is 4.74 Å². The highest BCUT2D eigenvalue weighted by atomic mass is 16.5. The van der Waals surface area contributed by atoms with Crippen molar-refractivity contribution < 1.29 is 9.53 Å². The third-order valence-electron chi connectivity index (χ3n) is 5.88. The van der Waals surface area contributed by atoms with Gasteiger partial charge in [0.25, 0.3) is 5.56 Å². The molecule has 1 saturated heterocycles. The normalized spacial score (nSPS) is 16.3. The van der Waals surface area contributed by atoms with Gasteiger partial charge in [-0.05, 0) is 45.2 Å². The maximum Gasteiger partial charge on any atom is 0.281 e. The average Bonchev–Trinajstić information content (AvgIpc) is 3.36. The number of amides is 1. The van der Waals surface area contributed by atoms with Crippen LogP contribution in [0.5, 0.6) is 0 Å². The van der Waals surface area contributed by atoms with Crippen molar-refractivity contribution in [2.24, 2.45) is 0 Å². The smallest absolute Gasteiger partial charge is 0.281 e. The SMILES string of the molecule is Cc1c2cnn(-c3ccccc3)c(=O)c2c(C)n1CCCC(=O)NC[C@@H]1CCCO1. The van der Waals surface area contributed by atoms with Gasteiger partial charge in [0.05, 0.1) is 23.4 Å². The van der Waals surface area contributed by atoms with E-state index in [0.29, 0.717) is 31.3 Å². The molecule has 0 aliphatic carbocycles. The van der Waals surface area contributed by atoms with E-state index in [2.05, 4.69) is 15.0 Å². The number of rotatable bonds is 7. The highest BCUT2D eigenvalue weighted by molar-refractivity contribution is 5.87. The van der Waals surface area contributed by atoms with Crippen molar-refractivity contribution in [3.63, 3.8) is 0 Å². The van der Waals surface area contributed by atoms with Gasteiger partial charge >= 0.3 is 0 Å². The minimum atomic E-state index is -0.118. The zero-order valence-corrected chi connectivity index (χ0v) is 17.6. The van der Waals surface area contributed by atoms with Crippen LogP contribution in [0.4, 0.5) is 0 Å². The Bertz CT molecular complexity index is 1100. The fourth-order valence-electron chi connectivity index (χ4n) is 4.22. The standard InChI is InChI=1S/C23H28N4O3/c1-16-20-15-25-27(18-8-4-3-5-9-18)23(29)22(20)17(2)26(16)12-6-11-21(28)24-14-19-10-7-13-30-19/h3-5,8-9,15,19H,6-7,10-14H2,1-2H3,(H,24,28)/t19-/m0/s1. The summed E-state index contributed by atoms with van der Waals surface area (Å²) in [5, 5.41) is 8.90. The van der Waals surface area contributed by atoms with Crippen LogP contribution in [0.2, 0.25) is 0 Å². The molecule has 3 heterocycles. The molecule has 1 atom stereocenters. The van der Waals surface area contributed by atoms with Gasteiger partial charge in [0.1, 0.15) is 0 Å². The first-order valence-corrected chi connectivity index (χ1v) is 10.6. The molecular weight excluding hydrogens is 380 g/mol. The van der Waals surface area contributed by atoms with Crippen molar-refractivity contribution in [3.05, 3.63) is 58.3 Å². The summed E-state index contributed by atoms with van der Waals surface area (Å²) >= 11 is 0. The molecule has 7 nitrogen and oxygen atoms in total. The molecule has 0 unspecified atom stereocenters. The molecule has 7 heteroatoms. The average molecular weight is 409 g/mol. The highest BCUT2D eigenvalue weighted by Gasteiger charge is 2.18. The number of fused-ring (bicyclic) bond motifs is 1. The molecule has 0 saturated carbocycles. The minimum Gasteiger partial charge on any atom is -0.376 e. The van der Waals surface area contributed by atoms with Crippen molar-refractivity contribution in [2.75, 3.05) is 13.2 Å². The zero-order chi connectivity index (χ0) is 21.1. The number of nitrogens with zero attached hydrogens (tertiary/aromatic N) is 3. The summed E-state index contributed by atoms with van der Waals surface area (Å²) in [4.78, 5) is 25.3. The number of hydrogen-bond donors (Lipinski definition) is 1. The Balaban J connectivity index is 1.47. The van der Waals surface area contributed by atoms with Crippen LogP contribution in [0.25, 0.3) is 16.5 Å². The van der Waals surface area contributed by atoms with E-state index < -0.39 is 0 Å². The van der Waals surface area contributed by atoms with Crippen LogP contribution < -0.4 is 10.9 Å². The molecule has 0 spiro atoms. The molecule has 158 valence electrons. The molecule has 3 aromatic rings. The van der Waals surface area contributed by atoms with Crippen LogP contribution in [0.15, 0.2) is 41.3 Å². The molecule has 30 heavy (non-hydrogen) atoms. The molecule has 1 amide bonds. The van der Waals surface area contributed by atoms with E-state index in [1.165, 1.54) is 4.68 Å². The number of carbonyl (C=O) groups is 1. The molecule has 4 rings (SSSR count). The Hall–Kier alpha value is -2.93. The van der Waals surface area contributed by atoms with Gasteiger partial charge in [0.2, 0.25) is 5.91 Å². The molecule has 1 fully saturated rings. The van der Waals surface area contributed by atoms with Gasteiger partial charge in [0, 0.05) is 42.9 Å². The summed E-state index contributed by atoms with van der Waals surface area (Å²) in [7, 11) is 0. The largest absolute Gasteiger partial charge is 0.376 e. The van der Waals surface area contributed by atoms with E-state index in [-0.39, 0.29) is 17.6 Å². The lowest BCUT2D eigenvalue weighted by Gasteiger charge is -2.12. The number of aryl methyl sites for hydroxylation is 2. The summed E-state index contributed by atoms with van der Waals surface area (Å²) in [5.41, 5.74) is 2.55. The van der Waals surface area contributed by atoms with Crippen LogP contribution in [0.3, 0.4) is 0 Å². The maximum atomic E-state index is 13.1. The van der Waals surface area contributed by atoms with Gasteiger partial charge in [-0.25, -0.2) is 0 Å². The van der Waals surface area contributed by atoms with Gasteiger partial charge in [-0.2, -0.15) is 9.78 Å². The van der Waals surface area contributed by atoms with Crippen LogP contribution in [0.1, 0.15) is 37.1 Å². The molecule has 2 aromatic heterocycles. The van der Waals surface area contributed by atoms with Crippen LogP contribution in [-0.4, -0.2) is 39.5 Å². The highest BCUT2D eigenvalue weighted by Crippen LogP contribution is 2.23. The second kappa shape index (κ2) is 8.83. The lowest BCUT2D eigenvalue weighted by molar-refractivity contribution is -0.121. The van der Waals surface area contributed by atoms with E-state index in [1.54, 1.807) is 6.20 Å². The van der Waals surface area contributed by atoms with Gasteiger partial charge in [-0.3, -0.25) is 9.59 Å². The van der Waals surface area contributed by atoms with Gasteiger partial charge in [0.15, 0.2) is 0 Å². The van der Waals surface area contributed by atoms with E-state index >= 15 is 0 Å².